The highest BCUT2D eigenvalue weighted by Crippen LogP contribution is 2.27. The third-order valence-corrected chi connectivity index (χ3v) is 2.90. The monoisotopic (exact) mass is 350 g/mol. The van der Waals surface area contributed by atoms with Crippen LogP contribution in [0.15, 0.2) is 12.4 Å². The Kier molecular flexibility index (Phi) is 15.7. The molecule has 0 bridgehead atoms. The highest BCUT2D eigenvalue weighted by atomic mass is 19.4. The molecule has 1 N–H and O–H groups in total. The molecule has 1 aromatic heterocycles. The van der Waals surface area contributed by atoms with E-state index >= 15 is 0 Å². The van der Waals surface area contributed by atoms with Gasteiger partial charge >= 0.3 is 6.18 Å². The molecular formula is C17H33F3N4. The zero-order valence-electron chi connectivity index (χ0n) is 15.9. The molecule has 0 saturated carbocycles. The molecule has 2 heterocycles. The smallest absolute Gasteiger partial charge is 0.370 e. The van der Waals surface area contributed by atoms with Gasteiger partial charge < -0.3 is 10.2 Å². The fourth-order valence-corrected chi connectivity index (χ4v) is 1.84. The van der Waals surface area contributed by atoms with Crippen molar-refractivity contribution in [2.45, 2.75) is 60.1 Å². The number of nitrogens with zero attached hydrogens (tertiary/aromatic N) is 3. The van der Waals surface area contributed by atoms with Gasteiger partial charge in [0, 0.05) is 12.6 Å². The van der Waals surface area contributed by atoms with Crippen LogP contribution in [-0.2, 0) is 6.18 Å². The van der Waals surface area contributed by atoms with Gasteiger partial charge in [-0.2, -0.15) is 13.2 Å². The lowest BCUT2D eigenvalue weighted by Crippen LogP contribution is -2.24. The second kappa shape index (κ2) is 15.2. The number of aromatic nitrogens is 2. The van der Waals surface area contributed by atoms with Crippen molar-refractivity contribution in [1.29, 1.82) is 0 Å². The van der Waals surface area contributed by atoms with E-state index in [0.717, 1.165) is 12.4 Å². The van der Waals surface area contributed by atoms with Crippen LogP contribution >= 0.6 is 0 Å². The summed E-state index contributed by atoms with van der Waals surface area (Å²) in [4.78, 5) is 9.13. The number of alkyl halides is 3. The van der Waals surface area contributed by atoms with Crippen LogP contribution in [0, 0.1) is 0 Å². The van der Waals surface area contributed by atoms with Crippen LogP contribution in [0.5, 0.6) is 0 Å². The number of rotatable bonds is 2. The Bertz CT molecular complexity index is 392. The molecule has 1 aliphatic heterocycles. The van der Waals surface area contributed by atoms with Crippen molar-refractivity contribution in [2.75, 3.05) is 32.0 Å². The first-order valence-corrected chi connectivity index (χ1v) is 8.75. The second-order valence-electron chi connectivity index (χ2n) is 4.68. The Labute approximate surface area is 144 Å². The molecule has 0 radical (unpaired) electrons. The molecule has 0 amide bonds. The van der Waals surface area contributed by atoms with E-state index < -0.39 is 11.9 Å². The van der Waals surface area contributed by atoms with Gasteiger partial charge in [-0.05, 0) is 39.9 Å². The lowest BCUT2D eigenvalue weighted by molar-refractivity contribution is -0.141. The van der Waals surface area contributed by atoms with Crippen molar-refractivity contribution in [1.82, 2.24) is 14.9 Å². The van der Waals surface area contributed by atoms with E-state index in [0.29, 0.717) is 6.54 Å². The van der Waals surface area contributed by atoms with E-state index in [1.807, 2.05) is 27.7 Å². The number of hydrogen-bond acceptors (Lipinski definition) is 4. The van der Waals surface area contributed by atoms with Crippen LogP contribution in [0.2, 0.25) is 0 Å². The summed E-state index contributed by atoms with van der Waals surface area (Å²) in [5.41, 5.74) is -0.932. The van der Waals surface area contributed by atoms with Crippen LogP contribution in [0.3, 0.4) is 0 Å². The van der Waals surface area contributed by atoms with Gasteiger partial charge in [-0.25, -0.2) is 9.97 Å². The molecule has 0 aromatic carbocycles. The van der Waals surface area contributed by atoms with Gasteiger partial charge in [0.05, 0.1) is 0 Å². The number of nitrogens with one attached hydrogen (secondary N) is 1. The molecule has 0 atom stereocenters. The fraction of sp³-hybridized carbons (Fsp3) is 0.765. The van der Waals surface area contributed by atoms with Crippen LogP contribution in [0.4, 0.5) is 19.0 Å². The highest BCUT2D eigenvalue weighted by molar-refractivity contribution is 5.35. The first kappa shape index (κ1) is 24.9. The van der Waals surface area contributed by atoms with Crippen molar-refractivity contribution in [3.8, 4) is 0 Å². The van der Waals surface area contributed by atoms with Crippen molar-refractivity contribution < 1.29 is 13.2 Å². The summed E-state index contributed by atoms with van der Waals surface area (Å²) in [6, 6.07) is 0.878. The molecule has 1 aliphatic rings. The maximum Gasteiger partial charge on any atom is 0.433 e. The molecule has 1 saturated heterocycles. The summed E-state index contributed by atoms with van der Waals surface area (Å²) in [7, 11) is 2.19. The van der Waals surface area contributed by atoms with Gasteiger partial charge in [-0.3, -0.25) is 0 Å². The van der Waals surface area contributed by atoms with Crippen molar-refractivity contribution in [2.24, 2.45) is 0 Å². The van der Waals surface area contributed by atoms with E-state index in [2.05, 4.69) is 27.2 Å². The van der Waals surface area contributed by atoms with Crippen molar-refractivity contribution in [3.05, 3.63) is 18.1 Å². The van der Waals surface area contributed by atoms with Gasteiger partial charge in [0.25, 0.3) is 0 Å². The van der Waals surface area contributed by atoms with E-state index in [9.17, 15) is 13.2 Å². The average molecular weight is 350 g/mol. The first-order valence-electron chi connectivity index (χ1n) is 8.75. The average Bonchev–Trinajstić information content (AvgIpc) is 2.60. The fourth-order valence-electron chi connectivity index (χ4n) is 1.84. The summed E-state index contributed by atoms with van der Waals surface area (Å²) >= 11 is 0. The van der Waals surface area contributed by atoms with Crippen LogP contribution < -0.4 is 5.32 Å². The molecule has 24 heavy (non-hydrogen) atoms. The number of hydrogen-bond donors (Lipinski definition) is 1. The van der Waals surface area contributed by atoms with Gasteiger partial charge in [0.2, 0.25) is 0 Å². The summed E-state index contributed by atoms with van der Waals surface area (Å²) in [6.45, 7) is 12.9. The lowest BCUT2D eigenvalue weighted by atomic mass is 10.1. The Hall–Kier alpha value is -1.37. The number of piperidine rings is 1. The maximum atomic E-state index is 12.1. The number of likely N-dealkylation sites (tertiary alicyclic amines) is 1. The molecule has 4 nitrogen and oxygen atoms in total. The zero-order valence-corrected chi connectivity index (χ0v) is 15.9. The third kappa shape index (κ3) is 12.1. The molecule has 2 rings (SSSR count). The molecule has 0 spiro atoms. The first-order chi connectivity index (χ1) is 11.4. The quantitative estimate of drug-likeness (QED) is 0.807. The van der Waals surface area contributed by atoms with Gasteiger partial charge in [0.15, 0.2) is 0 Å². The topological polar surface area (TPSA) is 41.1 Å². The Balaban J connectivity index is 0. The molecule has 1 aromatic rings. The minimum atomic E-state index is -4.41. The van der Waals surface area contributed by atoms with E-state index in [1.165, 1.54) is 32.4 Å². The minimum absolute atomic E-state index is 0.185. The molecule has 7 heteroatoms. The highest BCUT2D eigenvalue weighted by Gasteiger charge is 2.32. The van der Waals surface area contributed by atoms with E-state index in [4.69, 9.17) is 0 Å². The zero-order chi connectivity index (χ0) is 19.0. The molecule has 1 fully saturated rings. The largest absolute Gasteiger partial charge is 0.433 e. The van der Waals surface area contributed by atoms with Gasteiger partial charge in [0.1, 0.15) is 17.8 Å². The van der Waals surface area contributed by atoms with Crippen LogP contribution in [0.25, 0.3) is 0 Å². The SMILES string of the molecule is CC.CC.CCNc1cc(C(F)(F)F)ncn1.CN1CCCCC1. The Morgan fingerprint density at radius 3 is 1.96 bits per heavy atom. The van der Waals surface area contributed by atoms with E-state index in [1.54, 1.807) is 6.92 Å². The van der Waals surface area contributed by atoms with Gasteiger partial charge in [-0.15, -0.1) is 0 Å². The maximum absolute atomic E-state index is 12.1. The normalized spacial score (nSPS) is 14.0. The lowest BCUT2D eigenvalue weighted by Gasteiger charge is -2.20. The molecular weight excluding hydrogens is 317 g/mol. The van der Waals surface area contributed by atoms with Crippen LogP contribution in [0.1, 0.15) is 59.6 Å². The Morgan fingerprint density at radius 2 is 1.58 bits per heavy atom. The summed E-state index contributed by atoms with van der Waals surface area (Å²) < 4.78 is 36.3. The number of halogens is 3. The third-order valence-electron chi connectivity index (χ3n) is 2.90. The number of anilines is 1. The molecule has 0 unspecified atom stereocenters. The van der Waals surface area contributed by atoms with E-state index in [-0.39, 0.29) is 5.82 Å². The van der Waals surface area contributed by atoms with Crippen molar-refractivity contribution in [3.63, 3.8) is 0 Å². The summed E-state index contributed by atoms with van der Waals surface area (Å²) in [5.74, 6) is 0.185. The van der Waals surface area contributed by atoms with Crippen LogP contribution in [-0.4, -0.2) is 41.5 Å². The predicted molar refractivity (Wildman–Crippen MR) is 95.2 cm³/mol. The Morgan fingerprint density at radius 1 is 1.04 bits per heavy atom. The summed E-state index contributed by atoms with van der Waals surface area (Å²) in [6.07, 6.45) is 0.755. The second-order valence-corrected chi connectivity index (χ2v) is 4.68. The van der Waals surface area contributed by atoms with Gasteiger partial charge in [-0.1, -0.05) is 34.1 Å². The predicted octanol–water partition coefficient (Wildman–Crippen LogP) is 5.08. The minimum Gasteiger partial charge on any atom is -0.370 e. The van der Waals surface area contributed by atoms with Crippen molar-refractivity contribution >= 4 is 5.82 Å². The molecule has 0 aliphatic carbocycles. The summed E-state index contributed by atoms with van der Waals surface area (Å²) in [5, 5.41) is 2.67. The molecule has 142 valence electrons. The standard InChI is InChI=1S/C7H8F3N3.C6H13N.2C2H6/c1-2-11-6-3-5(7(8,9)10)12-4-13-6;1-7-5-3-2-4-6-7;2*1-2/h3-4H,2H2,1H3,(H,11,12,13);2-6H2,1H3;2*1-2H3.